The molecule has 0 saturated carbocycles. The van der Waals surface area contributed by atoms with Crippen molar-refractivity contribution in [2.45, 2.75) is 39.2 Å². The lowest BCUT2D eigenvalue weighted by Crippen LogP contribution is -2.08. The van der Waals surface area contributed by atoms with Gasteiger partial charge in [-0.05, 0) is 18.4 Å². The van der Waals surface area contributed by atoms with Crippen molar-refractivity contribution in [2.75, 3.05) is 5.73 Å². The maximum absolute atomic E-state index is 10.1. The third-order valence-electron chi connectivity index (χ3n) is 3.07. The number of rotatable bonds is 5. The third-order valence-corrected chi connectivity index (χ3v) is 3.07. The maximum Gasteiger partial charge on any atom is 0.0812 e. The molecule has 1 aromatic rings. The smallest absolute Gasteiger partial charge is 0.0812 e. The standard InChI is InChI=1S/C13H21NO/c1-3-10(4-2)9-13(15)11-7-5-6-8-12(11)14/h5-8,10,13,15H,3-4,9,14H2,1-2H3. The molecule has 1 aromatic carbocycles. The van der Waals surface area contributed by atoms with Crippen molar-refractivity contribution in [1.29, 1.82) is 0 Å². The molecule has 0 aromatic heterocycles. The summed E-state index contributed by atoms with van der Waals surface area (Å²) in [5.41, 5.74) is 7.38. The van der Waals surface area contributed by atoms with Crippen molar-refractivity contribution in [3.8, 4) is 0 Å². The molecule has 0 bridgehead atoms. The summed E-state index contributed by atoms with van der Waals surface area (Å²) in [5, 5.41) is 10.1. The highest BCUT2D eigenvalue weighted by Crippen LogP contribution is 2.28. The monoisotopic (exact) mass is 207 g/mol. The van der Waals surface area contributed by atoms with Gasteiger partial charge in [0.05, 0.1) is 6.10 Å². The van der Waals surface area contributed by atoms with Crippen LogP contribution < -0.4 is 5.73 Å². The summed E-state index contributed by atoms with van der Waals surface area (Å²) in [5.74, 6) is 0.583. The fourth-order valence-corrected chi connectivity index (χ4v) is 1.88. The Hall–Kier alpha value is -1.02. The van der Waals surface area contributed by atoms with Crippen LogP contribution in [0.2, 0.25) is 0 Å². The van der Waals surface area contributed by atoms with Crippen molar-refractivity contribution >= 4 is 5.69 Å². The van der Waals surface area contributed by atoms with E-state index in [-0.39, 0.29) is 0 Å². The molecule has 0 aliphatic rings. The fourth-order valence-electron chi connectivity index (χ4n) is 1.88. The highest BCUT2D eigenvalue weighted by atomic mass is 16.3. The van der Waals surface area contributed by atoms with E-state index >= 15 is 0 Å². The van der Waals surface area contributed by atoms with Crippen molar-refractivity contribution in [3.05, 3.63) is 29.8 Å². The number of nitrogens with two attached hydrogens (primary N) is 1. The van der Waals surface area contributed by atoms with Gasteiger partial charge in [-0.2, -0.15) is 0 Å². The Balaban J connectivity index is 2.68. The highest BCUT2D eigenvalue weighted by Gasteiger charge is 2.14. The van der Waals surface area contributed by atoms with Crippen LogP contribution >= 0.6 is 0 Å². The predicted octanol–water partition coefficient (Wildman–Crippen LogP) is 3.13. The summed E-state index contributed by atoms with van der Waals surface area (Å²) >= 11 is 0. The number of hydrogen-bond acceptors (Lipinski definition) is 2. The van der Waals surface area contributed by atoms with Gasteiger partial charge in [0.2, 0.25) is 0 Å². The molecule has 0 aliphatic heterocycles. The molecule has 1 rings (SSSR count). The second-order valence-corrected chi connectivity index (χ2v) is 4.06. The van der Waals surface area contributed by atoms with E-state index in [1.54, 1.807) is 0 Å². The molecule has 1 atom stereocenters. The molecule has 84 valence electrons. The van der Waals surface area contributed by atoms with E-state index in [0.29, 0.717) is 11.6 Å². The number of aliphatic hydroxyl groups is 1. The van der Waals surface area contributed by atoms with Crippen molar-refractivity contribution in [2.24, 2.45) is 5.92 Å². The number of benzene rings is 1. The van der Waals surface area contributed by atoms with Gasteiger partial charge in [-0.3, -0.25) is 0 Å². The molecule has 0 amide bonds. The van der Waals surface area contributed by atoms with Crippen LogP contribution in [0, 0.1) is 5.92 Å². The summed E-state index contributed by atoms with van der Waals surface area (Å²) < 4.78 is 0. The van der Waals surface area contributed by atoms with Gasteiger partial charge in [0, 0.05) is 11.3 Å². The van der Waals surface area contributed by atoms with Crippen LogP contribution in [0.1, 0.15) is 44.8 Å². The average molecular weight is 207 g/mol. The van der Waals surface area contributed by atoms with Crippen LogP contribution in [0.15, 0.2) is 24.3 Å². The first-order valence-electron chi connectivity index (χ1n) is 5.71. The van der Waals surface area contributed by atoms with Crippen LogP contribution in [-0.4, -0.2) is 5.11 Å². The van der Waals surface area contributed by atoms with E-state index in [1.807, 2.05) is 24.3 Å². The molecular formula is C13H21NO. The van der Waals surface area contributed by atoms with Gasteiger partial charge >= 0.3 is 0 Å². The Morgan fingerprint density at radius 1 is 1.20 bits per heavy atom. The molecular weight excluding hydrogens is 186 g/mol. The Morgan fingerprint density at radius 2 is 1.80 bits per heavy atom. The summed E-state index contributed by atoms with van der Waals surface area (Å²) in [6, 6.07) is 7.55. The quantitative estimate of drug-likeness (QED) is 0.729. The summed E-state index contributed by atoms with van der Waals surface area (Å²) in [7, 11) is 0. The summed E-state index contributed by atoms with van der Waals surface area (Å²) in [6.07, 6.45) is 2.61. The third kappa shape index (κ3) is 3.24. The first-order chi connectivity index (χ1) is 7.19. The number of para-hydroxylation sites is 1. The van der Waals surface area contributed by atoms with Gasteiger partial charge in [0.1, 0.15) is 0 Å². The minimum absolute atomic E-state index is 0.420. The van der Waals surface area contributed by atoms with E-state index in [0.717, 1.165) is 24.8 Å². The molecule has 3 N–H and O–H groups in total. The summed E-state index contributed by atoms with van der Waals surface area (Å²) in [6.45, 7) is 4.32. The van der Waals surface area contributed by atoms with Crippen LogP contribution in [0.4, 0.5) is 5.69 Å². The molecule has 0 heterocycles. The predicted molar refractivity (Wildman–Crippen MR) is 64.5 cm³/mol. The van der Waals surface area contributed by atoms with Crippen LogP contribution in [0.3, 0.4) is 0 Å². The first-order valence-corrected chi connectivity index (χ1v) is 5.71. The molecule has 0 radical (unpaired) electrons. The SMILES string of the molecule is CCC(CC)CC(O)c1ccccc1N. The average Bonchev–Trinajstić information content (AvgIpc) is 2.26. The Kier molecular flexibility index (Phi) is 4.63. The number of hydrogen-bond donors (Lipinski definition) is 2. The van der Waals surface area contributed by atoms with Crippen molar-refractivity contribution in [1.82, 2.24) is 0 Å². The van der Waals surface area contributed by atoms with Crippen molar-refractivity contribution in [3.63, 3.8) is 0 Å². The maximum atomic E-state index is 10.1. The number of nitrogen functional groups attached to an aromatic ring is 1. The number of anilines is 1. The zero-order valence-corrected chi connectivity index (χ0v) is 9.61. The van der Waals surface area contributed by atoms with Gasteiger partial charge in [0.25, 0.3) is 0 Å². The molecule has 1 unspecified atom stereocenters. The normalized spacial score (nSPS) is 13.1. The van der Waals surface area contributed by atoms with Crippen LogP contribution in [0.5, 0.6) is 0 Å². The number of aliphatic hydroxyl groups excluding tert-OH is 1. The van der Waals surface area contributed by atoms with Gasteiger partial charge in [-0.25, -0.2) is 0 Å². The largest absolute Gasteiger partial charge is 0.398 e. The fraction of sp³-hybridized carbons (Fsp3) is 0.538. The van der Waals surface area contributed by atoms with Gasteiger partial charge < -0.3 is 10.8 Å². The molecule has 0 saturated heterocycles. The molecule has 2 heteroatoms. The zero-order chi connectivity index (χ0) is 11.3. The first kappa shape index (κ1) is 12.1. The van der Waals surface area contributed by atoms with Crippen molar-refractivity contribution < 1.29 is 5.11 Å². The van der Waals surface area contributed by atoms with E-state index in [4.69, 9.17) is 5.73 Å². The van der Waals surface area contributed by atoms with Gasteiger partial charge in [-0.1, -0.05) is 44.9 Å². The van der Waals surface area contributed by atoms with Gasteiger partial charge in [-0.15, -0.1) is 0 Å². The minimum atomic E-state index is -0.420. The second kappa shape index (κ2) is 5.76. The Bertz CT molecular complexity index is 294. The lowest BCUT2D eigenvalue weighted by molar-refractivity contribution is 0.142. The molecule has 0 fully saturated rings. The lowest BCUT2D eigenvalue weighted by Gasteiger charge is -2.18. The molecule has 15 heavy (non-hydrogen) atoms. The second-order valence-electron chi connectivity index (χ2n) is 4.06. The van der Waals surface area contributed by atoms with E-state index in [2.05, 4.69) is 13.8 Å². The Labute approximate surface area is 92.1 Å². The van der Waals surface area contributed by atoms with Gasteiger partial charge in [0.15, 0.2) is 0 Å². The minimum Gasteiger partial charge on any atom is -0.398 e. The van der Waals surface area contributed by atoms with E-state index in [9.17, 15) is 5.11 Å². The Morgan fingerprint density at radius 3 is 2.33 bits per heavy atom. The van der Waals surface area contributed by atoms with Crippen LogP contribution in [0.25, 0.3) is 0 Å². The molecule has 0 spiro atoms. The summed E-state index contributed by atoms with van der Waals surface area (Å²) in [4.78, 5) is 0. The van der Waals surface area contributed by atoms with E-state index < -0.39 is 6.10 Å². The topological polar surface area (TPSA) is 46.2 Å². The van der Waals surface area contributed by atoms with E-state index in [1.165, 1.54) is 0 Å². The zero-order valence-electron chi connectivity index (χ0n) is 9.61. The lowest BCUT2D eigenvalue weighted by atomic mass is 9.92. The molecule has 0 aliphatic carbocycles. The molecule has 2 nitrogen and oxygen atoms in total. The highest BCUT2D eigenvalue weighted by molar-refractivity contribution is 5.47. The van der Waals surface area contributed by atoms with Crippen LogP contribution in [-0.2, 0) is 0 Å².